The zero-order valence-corrected chi connectivity index (χ0v) is 16.2. The van der Waals surface area contributed by atoms with Gasteiger partial charge in [0.15, 0.2) is 11.5 Å². The first-order valence-corrected chi connectivity index (χ1v) is 9.19. The van der Waals surface area contributed by atoms with E-state index >= 15 is 0 Å². The van der Waals surface area contributed by atoms with Crippen LogP contribution in [0.5, 0.6) is 0 Å². The second-order valence-corrected chi connectivity index (χ2v) is 7.50. The number of ketones is 1. The zero-order chi connectivity index (χ0) is 18.7. The second-order valence-electron chi connectivity index (χ2n) is 7.50. The Balaban J connectivity index is 2.34. The van der Waals surface area contributed by atoms with Crippen LogP contribution in [0.1, 0.15) is 58.3 Å². The number of carbonyl (C=O) groups excluding carboxylic acids is 1. The maximum Gasteiger partial charge on any atom is 0.249 e. The lowest BCUT2D eigenvalue weighted by molar-refractivity contribution is -0.121. The lowest BCUT2D eigenvalue weighted by Gasteiger charge is -2.26. The number of aryl methyl sites for hydroxylation is 1. The Morgan fingerprint density at radius 3 is 2.60 bits per heavy atom. The van der Waals surface area contributed by atoms with E-state index in [1.54, 1.807) is 0 Å². The number of aliphatic hydroxyl groups excluding tert-OH is 1. The van der Waals surface area contributed by atoms with Crippen molar-refractivity contribution in [3.63, 3.8) is 0 Å². The van der Waals surface area contributed by atoms with Crippen molar-refractivity contribution in [1.29, 1.82) is 0 Å². The Labute approximate surface area is 150 Å². The van der Waals surface area contributed by atoms with E-state index in [0.717, 1.165) is 30.8 Å². The summed E-state index contributed by atoms with van der Waals surface area (Å²) in [6.07, 6.45) is 2.43. The largest absolute Gasteiger partial charge is 0.510 e. The van der Waals surface area contributed by atoms with Crippen LogP contribution in [0.2, 0.25) is 0 Å². The van der Waals surface area contributed by atoms with Gasteiger partial charge in [-0.15, -0.1) is 10.2 Å². The van der Waals surface area contributed by atoms with Crippen molar-refractivity contribution in [2.45, 2.75) is 67.3 Å². The molecule has 0 saturated heterocycles. The summed E-state index contributed by atoms with van der Waals surface area (Å²) in [5, 5.41) is 18.7. The Morgan fingerprint density at radius 1 is 1.32 bits per heavy atom. The Morgan fingerprint density at radius 2 is 2.00 bits per heavy atom. The number of carbonyl (C=O) groups is 1. The standard InChI is InChI=1S/C19H30N4O2/c1-7-8-23-14(6)13(5)20-19(23)22-21-16-17(24)12(4)10-15(18(16)25)9-11(2)3/h11-12,15,24H,7-10H2,1-6H3. The smallest absolute Gasteiger partial charge is 0.249 e. The summed E-state index contributed by atoms with van der Waals surface area (Å²) in [4.78, 5) is 17.2. The molecule has 0 aromatic carbocycles. The van der Waals surface area contributed by atoms with Crippen molar-refractivity contribution >= 4 is 11.7 Å². The fraction of sp³-hybridized carbons (Fsp3) is 0.684. The molecule has 1 aromatic rings. The van der Waals surface area contributed by atoms with E-state index in [2.05, 4.69) is 36.0 Å². The highest BCUT2D eigenvalue weighted by Gasteiger charge is 2.34. The molecule has 1 aliphatic rings. The van der Waals surface area contributed by atoms with Crippen LogP contribution < -0.4 is 0 Å². The van der Waals surface area contributed by atoms with Crippen molar-refractivity contribution in [1.82, 2.24) is 9.55 Å². The summed E-state index contributed by atoms with van der Waals surface area (Å²) in [7, 11) is 0. The van der Waals surface area contributed by atoms with Gasteiger partial charge >= 0.3 is 0 Å². The monoisotopic (exact) mass is 346 g/mol. The lowest BCUT2D eigenvalue weighted by atomic mass is 9.79. The summed E-state index contributed by atoms with van der Waals surface area (Å²) >= 11 is 0. The number of azo groups is 1. The molecule has 6 heteroatoms. The first kappa shape index (κ1) is 19.3. The van der Waals surface area contributed by atoms with Gasteiger partial charge in [-0.3, -0.25) is 4.79 Å². The summed E-state index contributed by atoms with van der Waals surface area (Å²) in [6, 6.07) is 0. The minimum absolute atomic E-state index is 0.0517. The third kappa shape index (κ3) is 4.17. The van der Waals surface area contributed by atoms with E-state index in [4.69, 9.17) is 0 Å². The number of nitrogens with zero attached hydrogens (tertiary/aromatic N) is 4. The number of imidazole rings is 1. The third-order valence-corrected chi connectivity index (χ3v) is 4.83. The van der Waals surface area contributed by atoms with Crippen LogP contribution in [-0.4, -0.2) is 20.4 Å². The van der Waals surface area contributed by atoms with Crippen LogP contribution >= 0.6 is 0 Å². The fourth-order valence-corrected chi connectivity index (χ4v) is 3.37. The molecular formula is C19H30N4O2. The molecule has 1 N–H and O–H groups in total. The van der Waals surface area contributed by atoms with Gasteiger partial charge in [0.1, 0.15) is 5.76 Å². The molecule has 0 aliphatic heterocycles. The molecule has 0 saturated carbocycles. The molecule has 1 aliphatic carbocycles. The van der Waals surface area contributed by atoms with Crippen molar-refractivity contribution in [2.75, 3.05) is 0 Å². The van der Waals surface area contributed by atoms with Crippen LogP contribution in [-0.2, 0) is 11.3 Å². The summed E-state index contributed by atoms with van der Waals surface area (Å²) < 4.78 is 2.00. The molecule has 0 radical (unpaired) electrons. The molecule has 0 spiro atoms. The molecular weight excluding hydrogens is 316 g/mol. The summed E-state index contributed by atoms with van der Waals surface area (Å²) in [6.45, 7) is 13.0. The Kier molecular flexibility index (Phi) is 6.14. The molecule has 1 aromatic heterocycles. The van der Waals surface area contributed by atoms with Crippen LogP contribution in [0.25, 0.3) is 0 Å². The first-order chi connectivity index (χ1) is 11.8. The number of allylic oxidation sites excluding steroid dienone is 2. The quantitative estimate of drug-likeness (QED) is 0.733. The molecule has 0 bridgehead atoms. The summed E-state index contributed by atoms with van der Waals surface area (Å²) in [5.74, 6) is 0.691. The number of hydrogen-bond donors (Lipinski definition) is 1. The third-order valence-electron chi connectivity index (χ3n) is 4.83. The van der Waals surface area contributed by atoms with Gasteiger partial charge < -0.3 is 9.67 Å². The minimum atomic E-state index is -0.102. The van der Waals surface area contributed by atoms with Gasteiger partial charge in [-0.2, -0.15) is 0 Å². The minimum Gasteiger partial charge on any atom is -0.510 e. The normalized spacial score (nSPS) is 21.8. The van der Waals surface area contributed by atoms with Gasteiger partial charge in [-0.1, -0.05) is 27.7 Å². The van der Waals surface area contributed by atoms with Crippen LogP contribution in [0, 0.1) is 31.6 Å². The molecule has 0 fully saturated rings. The maximum absolute atomic E-state index is 12.7. The van der Waals surface area contributed by atoms with E-state index < -0.39 is 0 Å². The topological polar surface area (TPSA) is 79.8 Å². The number of aromatic nitrogens is 2. The molecule has 0 amide bonds. The van der Waals surface area contributed by atoms with Crippen LogP contribution in [0.3, 0.4) is 0 Å². The van der Waals surface area contributed by atoms with E-state index in [1.807, 2.05) is 25.3 Å². The van der Waals surface area contributed by atoms with Gasteiger partial charge in [0.2, 0.25) is 5.95 Å². The molecule has 2 unspecified atom stereocenters. The molecule has 138 valence electrons. The second kappa shape index (κ2) is 7.93. The number of rotatable bonds is 6. The number of Topliss-reactive ketones (excluding diaryl/α,β-unsaturated/α-hetero) is 1. The van der Waals surface area contributed by atoms with E-state index in [1.165, 1.54) is 0 Å². The maximum atomic E-state index is 12.7. The van der Waals surface area contributed by atoms with Crippen molar-refractivity contribution in [2.24, 2.45) is 28.0 Å². The molecule has 2 atom stereocenters. The van der Waals surface area contributed by atoms with Crippen molar-refractivity contribution < 1.29 is 9.90 Å². The van der Waals surface area contributed by atoms with Crippen molar-refractivity contribution in [3.8, 4) is 0 Å². The predicted molar refractivity (Wildman–Crippen MR) is 97.9 cm³/mol. The van der Waals surface area contributed by atoms with E-state index in [0.29, 0.717) is 18.3 Å². The average Bonchev–Trinajstić information content (AvgIpc) is 2.80. The van der Waals surface area contributed by atoms with Gasteiger partial charge in [0, 0.05) is 24.1 Å². The van der Waals surface area contributed by atoms with Gasteiger partial charge in [-0.05, 0) is 39.0 Å². The fourth-order valence-electron chi connectivity index (χ4n) is 3.37. The van der Waals surface area contributed by atoms with E-state index in [9.17, 15) is 9.90 Å². The number of aliphatic hydroxyl groups is 1. The first-order valence-electron chi connectivity index (χ1n) is 9.19. The molecule has 1 heterocycles. The highest BCUT2D eigenvalue weighted by molar-refractivity contribution is 5.98. The van der Waals surface area contributed by atoms with Crippen LogP contribution in [0.15, 0.2) is 21.7 Å². The van der Waals surface area contributed by atoms with Gasteiger partial charge in [0.05, 0.1) is 5.69 Å². The zero-order valence-electron chi connectivity index (χ0n) is 16.2. The summed E-state index contributed by atoms with van der Waals surface area (Å²) in [5.41, 5.74) is 2.06. The molecule has 6 nitrogen and oxygen atoms in total. The molecule has 2 rings (SSSR count). The van der Waals surface area contributed by atoms with Crippen molar-refractivity contribution in [3.05, 3.63) is 22.8 Å². The average molecular weight is 346 g/mol. The molecule has 25 heavy (non-hydrogen) atoms. The van der Waals surface area contributed by atoms with Crippen LogP contribution in [0.4, 0.5) is 5.95 Å². The van der Waals surface area contributed by atoms with Gasteiger partial charge in [0.25, 0.3) is 0 Å². The highest BCUT2D eigenvalue weighted by Crippen LogP contribution is 2.34. The van der Waals surface area contributed by atoms with Gasteiger partial charge in [-0.25, -0.2) is 4.98 Å². The highest BCUT2D eigenvalue weighted by atomic mass is 16.3. The Hall–Kier alpha value is -1.98. The number of hydrogen-bond acceptors (Lipinski definition) is 5. The SMILES string of the molecule is CCCn1c(N=NC2=C(O)C(C)CC(CC(C)C)C2=O)nc(C)c1C. The lowest BCUT2D eigenvalue weighted by Crippen LogP contribution is -2.27. The predicted octanol–water partition coefficient (Wildman–Crippen LogP) is 5.03. The van der Waals surface area contributed by atoms with E-state index in [-0.39, 0.29) is 29.1 Å². The Bertz CT molecular complexity index is 701.